The normalized spacial score (nSPS) is 19.8. The number of sulfone groups is 1. The zero-order valence-corrected chi connectivity index (χ0v) is 16.0. The zero-order valence-electron chi connectivity index (χ0n) is 13.7. The summed E-state index contributed by atoms with van der Waals surface area (Å²) < 4.78 is 39.4. The molecule has 138 valence electrons. The summed E-state index contributed by atoms with van der Waals surface area (Å²) >= 11 is 12.1. The molecule has 1 aliphatic rings. The number of amides is 1. The molecule has 1 unspecified atom stereocenters. The highest BCUT2D eigenvalue weighted by molar-refractivity contribution is 7.91. The molecule has 0 saturated carbocycles. The SMILES string of the molecule is O=C(c1c(F)cccc1Cl)N1CCC(c2ccccc2Cl)S(=O)(=O)CC1. The first-order valence-electron chi connectivity index (χ1n) is 8.00. The fourth-order valence-electron chi connectivity index (χ4n) is 3.09. The Balaban J connectivity index is 1.90. The highest BCUT2D eigenvalue weighted by Gasteiger charge is 2.34. The first-order valence-corrected chi connectivity index (χ1v) is 10.5. The van der Waals surface area contributed by atoms with Crippen LogP contribution in [0.3, 0.4) is 0 Å². The van der Waals surface area contributed by atoms with E-state index in [1.54, 1.807) is 24.3 Å². The van der Waals surface area contributed by atoms with Gasteiger partial charge in [-0.25, -0.2) is 12.8 Å². The van der Waals surface area contributed by atoms with Crippen molar-refractivity contribution < 1.29 is 17.6 Å². The van der Waals surface area contributed by atoms with E-state index < -0.39 is 26.8 Å². The maximum atomic E-state index is 14.0. The number of carbonyl (C=O) groups is 1. The van der Waals surface area contributed by atoms with Gasteiger partial charge < -0.3 is 4.90 Å². The van der Waals surface area contributed by atoms with Crippen molar-refractivity contribution in [3.8, 4) is 0 Å². The molecule has 0 N–H and O–H groups in total. The minimum Gasteiger partial charge on any atom is -0.337 e. The summed E-state index contributed by atoms with van der Waals surface area (Å²) in [4.78, 5) is 14.0. The summed E-state index contributed by atoms with van der Waals surface area (Å²) in [7, 11) is -3.51. The number of benzene rings is 2. The van der Waals surface area contributed by atoms with Crippen molar-refractivity contribution in [2.45, 2.75) is 11.7 Å². The second-order valence-electron chi connectivity index (χ2n) is 6.05. The van der Waals surface area contributed by atoms with Crippen LogP contribution in [0, 0.1) is 5.82 Å². The molecule has 1 fully saturated rings. The van der Waals surface area contributed by atoms with Crippen molar-refractivity contribution in [1.82, 2.24) is 4.90 Å². The Hall–Kier alpha value is -1.63. The van der Waals surface area contributed by atoms with E-state index in [0.717, 1.165) is 6.07 Å². The van der Waals surface area contributed by atoms with Crippen LogP contribution in [0.4, 0.5) is 4.39 Å². The molecule has 1 saturated heterocycles. The van der Waals surface area contributed by atoms with Crippen molar-refractivity contribution in [3.05, 3.63) is 69.5 Å². The first-order chi connectivity index (χ1) is 12.3. The van der Waals surface area contributed by atoms with Gasteiger partial charge in [0.05, 0.1) is 21.6 Å². The molecule has 1 aliphatic heterocycles. The Morgan fingerprint density at radius 3 is 2.42 bits per heavy atom. The number of rotatable bonds is 2. The molecule has 0 bridgehead atoms. The van der Waals surface area contributed by atoms with Crippen molar-refractivity contribution in [2.24, 2.45) is 0 Å². The van der Waals surface area contributed by atoms with Gasteiger partial charge in [-0.15, -0.1) is 0 Å². The molecule has 2 aromatic rings. The second kappa shape index (κ2) is 7.55. The summed E-state index contributed by atoms with van der Waals surface area (Å²) in [6.45, 7) is 0.144. The fraction of sp³-hybridized carbons (Fsp3) is 0.278. The van der Waals surface area contributed by atoms with Crippen LogP contribution in [0.2, 0.25) is 10.0 Å². The summed E-state index contributed by atoms with van der Waals surface area (Å²) in [5.74, 6) is -1.55. The Morgan fingerprint density at radius 1 is 1.04 bits per heavy atom. The van der Waals surface area contributed by atoms with E-state index in [1.165, 1.54) is 17.0 Å². The number of halogens is 3. The molecule has 1 heterocycles. The fourth-order valence-corrected chi connectivity index (χ4v) is 5.48. The Morgan fingerprint density at radius 2 is 1.73 bits per heavy atom. The minimum absolute atomic E-state index is 0.00441. The molecule has 3 rings (SSSR count). The number of nitrogens with zero attached hydrogens (tertiary/aromatic N) is 1. The number of carbonyl (C=O) groups excluding carboxylic acids is 1. The second-order valence-corrected chi connectivity index (χ2v) is 9.17. The highest BCUT2D eigenvalue weighted by atomic mass is 35.5. The van der Waals surface area contributed by atoms with Gasteiger partial charge in [-0.3, -0.25) is 4.79 Å². The van der Waals surface area contributed by atoms with Gasteiger partial charge in [-0.05, 0) is 30.2 Å². The molecule has 0 radical (unpaired) electrons. The first kappa shape index (κ1) is 19.1. The third-order valence-corrected chi connectivity index (χ3v) is 7.22. The van der Waals surface area contributed by atoms with Crippen LogP contribution in [0.1, 0.15) is 27.6 Å². The lowest BCUT2D eigenvalue weighted by Crippen LogP contribution is -2.34. The third-order valence-electron chi connectivity index (χ3n) is 4.46. The smallest absolute Gasteiger partial charge is 0.258 e. The molecule has 8 heteroatoms. The number of hydrogen-bond donors (Lipinski definition) is 0. The standard InChI is InChI=1S/C18H16Cl2FNO3S/c19-13-5-2-1-4-12(13)16-8-9-22(10-11-26(16,24)25)18(23)17-14(20)6-3-7-15(17)21/h1-7,16H,8-11H2. The zero-order chi connectivity index (χ0) is 18.9. The van der Waals surface area contributed by atoms with E-state index in [0.29, 0.717) is 10.6 Å². The average Bonchev–Trinajstić information content (AvgIpc) is 2.73. The average molecular weight is 416 g/mol. The monoisotopic (exact) mass is 415 g/mol. The Bertz CT molecular complexity index is 929. The lowest BCUT2D eigenvalue weighted by molar-refractivity contribution is 0.0762. The van der Waals surface area contributed by atoms with Crippen molar-refractivity contribution >= 4 is 38.9 Å². The van der Waals surface area contributed by atoms with Gasteiger partial charge >= 0.3 is 0 Å². The Labute approximate surface area is 161 Å². The minimum atomic E-state index is -3.51. The van der Waals surface area contributed by atoms with E-state index in [9.17, 15) is 17.6 Å². The maximum absolute atomic E-state index is 14.0. The van der Waals surface area contributed by atoms with Gasteiger partial charge in [0.15, 0.2) is 9.84 Å². The molecular weight excluding hydrogens is 400 g/mol. The quantitative estimate of drug-likeness (QED) is 0.740. The van der Waals surface area contributed by atoms with E-state index in [-0.39, 0.29) is 35.8 Å². The van der Waals surface area contributed by atoms with Crippen LogP contribution in [-0.4, -0.2) is 38.1 Å². The van der Waals surface area contributed by atoms with Crippen LogP contribution >= 0.6 is 23.2 Å². The third kappa shape index (κ3) is 3.72. The molecule has 0 spiro atoms. The van der Waals surface area contributed by atoms with Crippen LogP contribution in [-0.2, 0) is 9.84 Å². The van der Waals surface area contributed by atoms with Crippen LogP contribution in [0.15, 0.2) is 42.5 Å². The lowest BCUT2D eigenvalue weighted by Gasteiger charge is -2.21. The molecule has 1 atom stereocenters. The molecular formula is C18H16Cl2FNO3S. The van der Waals surface area contributed by atoms with E-state index in [1.807, 2.05) is 0 Å². The van der Waals surface area contributed by atoms with Crippen LogP contribution in [0.5, 0.6) is 0 Å². The van der Waals surface area contributed by atoms with Gasteiger partial charge in [-0.2, -0.15) is 0 Å². The highest BCUT2D eigenvalue weighted by Crippen LogP contribution is 2.34. The van der Waals surface area contributed by atoms with Crippen molar-refractivity contribution in [2.75, 3.05) is 18.8 Å². The van der Waals surface area contributed by atoms with Gasteiger partial charge in [0.25, 0.3) is 5.91 Å². The molecule has 0 aromatic heterocycles. The Kier molecular flexibility index (Phi) is 5.55. The predicted octanol–water partition coefficient (Wildman–Crippen LogP) is 4.13. The van der Waals surface area contributed by atoms with E-state index >= 15 is 0 Å². The van der Waals surface area contributed by atoms with Gasteiger partial charge in [0, 0.05) is 18.1 Å². The summed E-state index contributed by atoms with van der Waals surface area (Å²) in [5, 5.41) is -0.423. The van der Waals surface area contributed by atoms with Crippen molar-refractivity contribution in [3.63, 3.8) is 0 Å². The molecule has 4 nitrogen and oxygen atoms in total. The van der Waals surface area contributed by atoms with Gasteiger partial charge in [-0.1, -0.05) is 47.5 Å². The van der Waals surface area contributed by atoms with E-state index in [2.05, 4.69) is 0 Å². The van der Waals surface area contributed by atoms with Crippen LogP contribution < -0.4 is 0 Å². The predicted molar refractivity (Wildman–Crippen MR) is 99.9 cm³/mol. The summed E-state index contributed by atoms with van der Waals surface area (Å²) in [5.41, 5.74) is 0.287. The molecule has 2 aromatic carbocycles. The van der Waals surface area contributed by atoms with Gasteiger partial charge in [0.1, 0.15) is 5.82 Å². The molecule has 0 aliphatic carbocycles. The lowest BCUT2D eigenvalue weighted by atomic mass is 10.1. The van der Waals surface area contributed by atoms with Gasteiger partial charge in [0.2, 0.25) is 0 Å². The number of hydrogen-bond acceptors (Lipinski definition) is 3. The topological polar surface area (TPSA) is 54.5 Å². The van der Waals surface area contributed by atoms with E-state index in [4.69, 9.17) is 23.2 Å². The summed E-state index contributed by atoms with van der Waals surface area (Å²) in [6, 6.07) is 10.8. The largest absolute Gasteiger partial charge is 0.337 e. The maximum Gasteiger partial charge on any atom is 0.258 e. The molecule has 26 heavy (non-hydrogen) atoms. The van der Waals surface area contributed by atoms with Crippen LogP contribution in [0.25, 0.3) is 0 Å². The molecule has 1 amide bonds. The summed E-state index contributed by atoms with van der Waals surface area (Å²) in [6.07, 6.45) is 0.184. The van der Waals surface area contributed by atoms with Crippen molar-refractivity contribution in [1.29, 1.82) is 0 Å².